The van der Waals surface area contributed by atoms with E-state index in [1.807, 2.05) is 6.92 Å². The third kappa shape index (κ3) is 2.16. The van der Waals surface area contributed by atoms with Gasteiger partial charge in [0.25, 0.3) is 0 Å². The minimum atomic E-state index is -1.89. The Labute approximate surface area is 163 Å². The van der Waals surface area contributed by atoms with Gasteiger partial charge in [0.05, 0.1) is 6.10 Å². The molecule has 0 spiro atoms. The Bertz CT molecular complexity index is 845. The van der Waals surface area contributed by atoms with Crippen LogP contribution in [0.3, 0.4) is 0 Å². The van der Waals surface area contributed by atoms with Crippen molar-refractivity contribution >= 4 is 11.6 Å². The number of Topliss-reactive ketones (excluding diaryl/α,β-unsaturated/α-hetero) is 1. The quantitative estimate of drug-likeness (QED) is 0.758. The standard InChI is InChI=1S/C22H26F2O4/c1-11-6-14-13-8-16(24)15-7-12(25)4-5-20(15,2)19(13)17(26)9-21(14,3)22(11,28)18(27)10-23/h4-5,7-8,11,13-14,17,19,26,28H,6,9-10H2,1-3H3/t11?,13-,14-,17?,19+,20-,21-,22-/m0/s1. The summed E-state index contributed by atoms with van der Waals surface area (Å²) in [5.41, 5.74) is -3.53. The van der Waals surface area contributed by atoms with Gasteiger partial charge in [0, 0.05) is 22.3 Å². The van der Waals surface area contributed by atoms with E-state index in [0.717, 1.165) is 0 Å². The molecule has 2 fully saturated rings. The Balaban J connectivity index is 1.87. The van der Waals surface area contributed by atoms with Gasteiger partial charge in [0.15, 0.2) is 18.2 Å². The third-order valence-corrected chi connectivity index (χ3v) is 8.23. The van der Waals surface area contributed by atoms with Gasteiger partial charge in [-0.1, -0.05) is 26.8 Å². The highest BCUT2D eigenvalue weighted by molar-refractivity contribution is 6.01. The van der Waals surface area contributed by atoms with Gasteiger partial charge in [-0.05, 0) is 48.8 Å². The number of hydrogen-bond donors (Lipinski definition) is 2. The molecule has 28 heavy (non-hydrogen) atoms. The molecule has 0 aromatic heterocycles. The molecule has 0 radical (unpaired) electrons. The minimum absolute atomic E-state index is 0.117. The summed E-state index contributed by atoms with van der Waals surface area (Å²) in [7, 11) is 0. The second-order valence-corrected chi connectivity index (χ2v) is 9.45. The number of hydrogen-bond acceptors (Lipinski definition) is 4. The van der Waals surface area contributed by atoms with Gasteiger partial charge in [-0.15, -0.1) is 0 Å². The van der Waals surface area contributed by atoms with E-state index in [1.165, 1.54) is 18.2 Å². The first-order chi connectivity index (χ1) is 13.0. The summed E-state index contributed by atoms with van der Waals surface area (Å²) in [5.74, 6) is -3.27. The Kier molecular flexibility index (Phi) is 4.16. The lowest BCUT2D eigenvalue weighted by Crippen LogP contribution is -2.62. The average molecular weight is 392 g/mol. The fraction of sp³-hybridized carbons (Fsp3) is 0.636. The minimum Gasteiger partial charge on any atom is -0.393 e. The number of alkyl halides is 1. The lowest BCUT2D eigenvalue weighted by atomic mass is 9.47. The van der Waals surface area contributed by atoms with Crippen LogP contribution in [-0.2, 0) is 9.59 Å². The lowest BCUT2D eigenvalue weighted by molar-refractivity contribution is -0.176. The summed E-state index contributed by atoms with van der Waals surface area (Å²) in [5, 5.41) is 22.4. The van der Waals surface area contributed by atoms with Crippen molar-refractivity contribution in [2.24, 2.45) is 34.5 Å². The summed E-state index contributed by atoms with van der Waals surface area (Å²) < 4.78 is 28.4. The van der Waals surface area contributed by atoms with Crippen LogP contribution in [-0.4, -0.2) is 40.2 Å². The van der Waals surface area contributed by atoms with Crippen LogP contribution in [0.15, 0.2) is 35.7 Å². The van der Waals surface area contributed by atoms with Crippen LogP contribution in [0.4, 0.5) is 8.78 Å². The third-order valence-electron chi connectivity index (χ3n) is 8.23. The van der Waals surface area contributed by atoms with Gasteiger partial charge in [0.1, 0.15) is 11.4 Å². The van der Waals surface area contributed by atoms with Crippen molar-refractivity contribution in [1.82, 2.24) is 0 Å². The number of fused-ring (bicyclic) bond motifs is 5. The fourth-order valence-electron chi connectivity index (χ4n) is 6.90. The normalized spacial score (nSPS) is 49.7. The zero-order chi connectivity index (χ0) is 20.6. The van der Waals surface area contributed by atoms with Gasteiger partial charge in [-0.3, -0.25) is 9.59 Å². The largest absolute Gasteiger partial charge is 0.393 e. The first kappa shape index (κ1) is 19.6. The van der Waals surface area contributed by atoms with Crippen molar-refractivity contribution in [3.8, 4) is 0 Å². The molecule has 0 aromatic rings. The van der Waals surface area contributed by atoms with Crippen molar-refractivity contribution in [2.45, 2.75) is 45.3 Å². The number of carbonyl (C=O) groups is 2. The molecule has 0 heterocycles. The van der Waals surface area contributed by atoms with Gasteiger partial charge in [0.2, 0.25) is 0 Å². The molecule has 0 saturated heterocycles. The second kappa shape index (κ2) is 5.92. The SMILES string of the molecule is CC1C[C@H]2[C@@H]3C=C(F)C4=CC(=O)C=C[C@]4(C)[C@H]3C(O)C[C@]2(C)[C@@]1(O)C(=O)CF. The van der Waals surface area contributed by atoms with Crippen LogP contribution in [0.1, 0.15) is 33.6 Å². The van der Waals surface area contributed by atoms with Crippen molar-refractivity contribution in [1.29, 1.82) is 0 Å². The van der Waals surface area contributed by atoms with E-state index in [2.05, 4.69) is 0 Å². The maximum absolute atomic E-state index is 15.1. The van der Waals surface area contributed by atoms with E-state index < -0.39 is 58.6 Å². The lowest BCUT2D eigenvalue weighted by Gasteiger charge is -2.58. The molecule has 8 atom stereocenters. The van der Waals surface area contributed by atoms with Crippen LogP contribution >= 0.6 is 0 Å². The van der Waals surface area contributed by atoms with Gasteiger partial charge in [-0.25, -0.2) is 8.78 Å². The molecule has 4 aliphatic rings. The summed E-state index contributed by atoms with van der Waals surface area (Å²) >= 11 is 0. The average Bonchev–Trinajstić information content (AvgIpc) is 2.83. The molecule has 2 saturated carbocycles. The van der Waals surface area contributed by atoms with Crippen LogP contribution in [0.2, 0.25) is 0 Å². The zero-order valence-corrected chi connectivity index (χ0v) is 16.3. The summed E-state index contributed by atoms with van der Waals surface area (Å²) in [6.45, 7) is 3.98. The van der Waals surface area contributed by atoms with Crippen molar-refractivity contribution < 1.29 is 28.6 Å². The molecule has 4 nitrogen and oxygen atoms in total. The highest BCUT2D eigenvalue weighted by Crippen LogP contribution is 2.67. The molecule has 152 valence electrons. The van der Waals surface area contributed by atoms with E-state index in [4.69, 9.17) is 0 Å². The van der Waals surface area contributed by atoms with Crippen LogP contribution in [0.5, 0.6) is 0 Å². The van der Waals surface area contributed by atoms with Crippen LogP contribution in [0.25, 0.3) is 0 Å². The smallest absolute Gasteiger partial charge is 0.196 e. The Morgan fingerprint density at radius 3 is 2.68 bits per heavy atom. The van der Waals surface area contributed by atoms with Gasteiger partial charge >= 0.3 is 0 Å². The number of ketones is 2. The molecule has 0 aliphatic heterocycles. The van der Waals surface area contributed by atoms with Crippen molar-refractivity contribution in [2.75, 3.05) is 6.67 Å². The monoisotopic (exact) mass is 392 g/mol. The van der Waals surface area contributed by atoms with E-state index >= 15 is 4.39 Å². The zero-order valence-electron chi connectivity index (χ0n) is 16.3. The molecule has 0 bridgehead atoms. The molecule has 2 N–H and O–H groups in total. The van der Waals surface area contributed by atoms with Crippen molar-refractivity contribution in [3.05, 3.63) is 35.7 Å². The highest BCUT2D eigenvalue weighted by atomic mass is 19.1. The summed E-state index contributed by atoms with van der Waals surface area (Å²) in [4.78, 5) is 24.2. The molecule has 0 aromatic carbocycles. The van der Waals surface area contributed by atoms with E-state index in [1.54, 1.807) is 19.9 Å². The topological polar surface area (TPSA) is 74.6 Å². The number of aliphatic hydroxyl groups is 2. The fourth-order valence-corrected chi connectivity index (χ4v) is 6.90. The first-order valence-electron chi connectivity index (χ1n) is 9.83. The predicted octanol–water partition coefficient (Wildman–Crippen LogP) is 2.85. The molecule has 4 aliphatic carbocycles. The molecule has 4 rings (SSSR count). The Morgan fingerprint density at radius 1 is 1.36 bits per heavy atom. The van der Waals surface area contributed by atoms with Crippen molar-refractivity contribution in [3.63, 3.8) is 0 Å². The van der Waals surface area contributed by atoms with Gasteiger partial charge < -0.3 is 10.2 Å². The first-order valence-corrected chi connectivity index (χ1v) is 9.83. The second-order valence-electron chi connectivity index (χ2n) is 9.45. The maximum atomic E-state index is 15.1. The van der Waals surface area contributed by atoms with Gasteiger partial charge in [-0.2, -0.15) is 0 Å². The number of carbonyl (C=O) groups excluding carboxylic acids is 2. The Morgan fingerprint density at radius 2 is 2.04 bits per heavy atom. The van der Waals surface area contributed by atoms with Crippen LogP contribution in [0, 0.1) is 34.5 Å². The van der Waals surface area contributed by atoms with E-state index in [0.29, 0.717) is 6.42 Å². The molecule has 2 unspecified atom stereocenters. The molecule has 0 amide bonds. The summed E-state index contributed by atoms with van der Waals surface area (Å²) in [6.07, 6.45) is 5.40. The number of halogens is 2. The molecular weight excluding hydrogens is 366 g/mol. The van der Waals surface area contributed by atoms with E-state index in [9.17, 15) is 24.2 Å². The molecular formula is C22H26F2O4. The maximum Gasteiger partial charge on any atom is 0.196 e. The number of allylic oxidation sites excluding steroid dienone is 6. The number of rotatable bonds is 2. The van der Waals surface area contributed by atoms with E-state index in [-0.39, 0.29) is 23.7 Å². The number of aliphatic hydroxyl groups excluding tert-OH is 1. The predicted molar refractivity (Wildman–Crippen MR) is 98.4 cm³/mol. The Hall–Kier alpha value is -1.66. The van der Waals surface area contributed by atoms with Crippen LogP contribution < -0.4 is 0 Å². The highest BCUT2D eigenvalue weighted by Gasteiger charge is 2.70. The molecule has 6 heteroatoms. The summed E-state index contributed by atoms with van der Waals surface area (Å²) in [6, 6.07) is 0.